The van der Waals surface area contributed by atoms with E-state index in [0.717, 1.165) is 11.4 Å². The molecule has 2 heterocycles. The maximum atomic E-state index is 11.8. The fourth-order valence-electron chi connectivity index (χ4n) is 1.48. The van der Waals surface area contributed by atoms with Crippen LogP contribution in [0.25, 0.3) is 0 Å². The second-order valence-electron chi connectivity index (χ2n) is 3.47. The van der Waals surface area contributed by atoms with E-state index in [-0.39, 0.29) is 5.56 Å². The zero-order chi connectivity index (χ0) is 12.1. The quantitative estimate of drug-likeness (QED) is 0.870. The van der Waals surface area contributed by atoms with Crippen LogP contribution in [0.2, 0.25) is 0 Å². The van der Waals surface area contributed by atoms with Gasteiger partial charge in [0.15, 0.2) is 5.82 Å². The van der Waals surface area contributed by atoms with Crippen LogP contribution in [0.5, 0.6) is 0 Å². The van der Waals surface area contributed by atoms with Crippen molar-refractivity contribution in [2.45, 2.75) is 19.9 Å². The predicted molar refractivity (Wildman–Crippen MR) is 68.5 cm³/mol. The van der Waals surface area contributed by atoms with Crippen molar-refractivity contribution in [1.29, 1.82) is 0 Å². The zero-order valence-electron chi connectivity index (χ0n) is 9.59. The number of hydrogen-bond acceptors (Lipinski definition) is 5. The first-order chi connectivity index (χ1) is 8.31. The molecule has 0 aromatic carbocycles. The lowest BCUT2D eigenvalue weighted by Crippen LogP contribution is -2.24. The van der Waals surface area contributed by atoms with Crippen LogP contribution < -0.4 is 10.9 Å². The fourth-order valence-corrected chi connectivity index (χ4v) is 2.10. The number of hydrogen-bond donors (Lipinski definition) is 1. The van der Waals surface area contributed by atoms with Gasteiger partial charge in [0.1, 0.15) is 0 Å². The molecule has 2 rings (SSSR count). The standard InChI is InChI=1S/C11H14N4OS/c1-2-15-7-5-14-10(11(15)16)13-4-3-9-12-6-8-17-9/h5-8H,2-4H2,1H3,(H,13,14). The molecule has 6 heteroatoms. The number of anilines is 1. The Balaban J connectivity index is 1.97. The van der Waals surface area contributed by atoms with Crippen LogP contribution in [0, 0.1) is 0 Å². The molecule has 0 aliphatic carbocycles. The van der Waals surface area contributed by atoms with Crippen molar-refractivity contribution in [3.8, 4) is 0 Å². The summed E-state index contributed by atoms with van der Waals surface area (Å²) >= 11 is 1.62. The fraction of sp³-hybridized carbons (Fsp3) is 0.364. The van der Waals surface area contributed by atoms with Crippen molar-refractivity contribution >= 4 is 17.2 Å². The molecular weight excluding hydrogens is 236 g/mol. The largest absolute Gasteiger partial charge is 0.365 e. The average Bonchev–Trinajstić information content (AvgIpc) is 2.84. The highest BCUT2D eigenvalue weighted by molar-refractivity contribution is 7.09. The number of aryl methyl sites for hydroxylation is 1. The predicted octanol–water partition coefficient (Wildman–Crippen LogP) is 1.37. The Kier molecular flexibility index (Phi) is 3.87. The molecule has 0 amide bonds. The highest BCUT2D eigenvalue weighted by atomic mass is 32.1. The summed E-state index contributed by atoms with van der Waals surface area (Å²) in [6, 6.07) is 0. The molecular formula is C11H14N4OS. The molecule has 0 saturated carbocycles. The van der Waals surface area contributed by atoms with Crippen LogP contribution in [-0.2, 0) is 13.0 Å². The third-order valence-electron chi connectivity index (χ3n) is 2.37. The number of nitrogens with one attached hydrogen (secondary N) is 1. The molecule has 1 N–H and O–H groups in total. The first-order valence-electron chi connectivity index (χ1n) is 5.49. The summed E-state index contributed by atoms with van der Waals surface area (Å²) in [6.45, 7) is 3.26. The van der Waals surface area contributed by atoms with Gasteiger partial charge in [-0.3, -0.25) is 4.79 Å². The molecule has 0 fully saturated rings. The molecule has 0 bridgehead atoms. The van der Waals surface area contributed by atoms with Gasteiger partial charge in [-0.2, -0.15) is 0 Å². The Hall–Kier alpha value is -1.69. The van der Waals surface area contributed by atoms with Crippen LogP contribution in [0.4, 0.5) is 5.82 Å². The van der Waals surface area contributed by atoms with E-state index in [1.807, 2.05) is 12.3 Å². The third-order valence-corrected chi connectivity index (χ3v) is 3.21. The first kappa shape index (κ1) is 11.8. The van der Waals surface area contributed by atoms with Crippen molar-refractivity contribution in [2.75, 3.05) is 11.9 Å². The molecule has 0 radical (unpaired) electrons. The van der Waals surface area contributed by atoms with E-state index >= 15 is 0 Å². The van der Waals surface area contributed by atoms with Crippen LogP contribution in [0.15, 0.2) is 28.8 Å². The highest BCUT2D eigenvalue weighted by Crippen LogP contribution is 2.04. The minimum Gasteiger partial charge on any atom is -0.365 e. The Bertz CT molecular complexity index is 521. The van der Waals surface area contributed by atoms with Gasteiger partial charge in [-0.1, -0.05) is 0 Å². The minimum absolute atomic E-state index is 0.0749. The molecule has 0 atom stereocenters. The average molecular weight is 250 g/mol. The zero-order valence-corrected chi connectivity index (χ0v) is 10.4. The molecule has 0 aliphatic heterocycles. The van der Waals surface area contributed by atoms with Gasteiger partial charge in [-0.15, -0.1) is 11.3 Å². The molecule has 90 valence electrons. The Morgan fingerprint density at radius 2 is 2.29 bits per heavy atom. The van der Waals surface area contributed by atoms with Gasteiger partial charge >= 0.3 is 0 Å². The topological polar surface area (TPSA) is 59.8 Å². The Labute approximate surface area is 103 Å². The van der Waals surface area contributed by atoms with E-state index in [0.29, 0.717) is 18.9 Å². The molecule has 0 aliphatic rings. The van der Waals surface area contributed by atoms with Crippen LogP contribution in [0.1, 0.15) is 11.9 Å². The molecule has 0 spiro atoms. The molecule has 0 unspecified atom stereocenters. The summed E-state index contributed by atoms with van der Waals surface area (Å²) in [5.41, 5.74) is -0.0749. The van der Waals surface area contributed by atoms with Gasteiger partial charge in [0, 0.05) is 43.5 Å². The van der Waals surface area contributed by atoms with E-state index in [4.69, 9.17) is 0 Å². The second-order valence-corrected chi connectivity index (χ2v) is 4.45. The summed E-state index contributed by atoms with van der Waals surface area (Å²) in [4.78, 5) is 20.0. The van der Waals surface area contributed by atoms with Crippen molar-refractivity contribution in [2.24, 2.45) is 0 Å². The maximum Gasteiger partial charge on any atom is 0.293 e. The lowest BCUT2D eigenvalue weighted by atomic mass is 10.4. The van der Waals surface area contributed by atoms with Crippen molar-refractivity contribution in [3.05, 3.63) is 39.3 Å². The molecule has 17 heavy (non-hydrogen) atoms. The monoisotopic (exact) mass is 250 g/mol. The van der Waals surface area contributed by atoms with E-state index in [1.165, 1.54) is 0 Å². The number of nitrogens with zero attached hydrogens (tertiary/aromatic N) is 3. The summed E-state index contributed by atoms with van der Waals surface area (Å²) in [7, 11) is 0. The van der Waals surface area contributed by atoms with Gasteiger partial charge in [0.25, 0.3) is 5.56 Å². The van der Waals surface area contributed by atoms with Gasteiger partial charge in [0.05, 0.1) is 5.01 Å². The smallest absolute Gasteiger partial charge is 0.293 e. The van der Waals surface area contributed by atoms with Crippen LogP contribution in [-0.4, -0.2) is 21.1 Å². The molecule has 5 nitrogen and oxygen atoms in total. The first-order valence-corrected chi connectivity index (χ1v) is 6.37. The van der Waals surface area contributed by atoms with E-state index in [2.05, 4.69) is 15.3 Å². The van der Waals surface area contributed by atoms with E-state index < -0.39 is 0 Å². The number of thiazole rings is 1. The van der Waals surface area contributed by atoms with Gasteiger partial charge < -0.3 is 9.88 Å². The van der Waals surface area contributed by atoms with Crippen molar-refractivity contribution < 1.29 is 0 Å². The van der Waals surface area contributed by atoms with Crippen molar-refractivity contribution in [1.82, 2.24) is 14.5 Å². The van der Waals surface area contributed by atoms with Gasteiger partial charge in [-0.05, 0) is 6.92 Å². The van der Waals surface area contributed by atoms with Gasteiger partial charge in [-0.25, -0.2) is 9.97 Å². The van der Waals surface area contributed by atoms with E-state index in [1.54, 1.807) is 34.5 Å². The third kappa shape index (κ3) is 2.91. The van der Waals surface area contributed by atoms with Gasteiger partial charge in [0.2, 0.25) is 0 Å². The number of aromatic nitrogens is 3. The molecule has 2 aromatic heterocycles. The van der Waals surface area contributed by atoms with E-state index in [9.17, 15) is 4.79 Å². The number of rotatable bonds is 5. The summed E-state index contributed by atoms with van der Waals surface area (Å²) in [6.07, 6.45) is 5.91. The maximum absolute atomic E-state index is 11.8. The van der Waals surface area contributed by atoms with Crippen LogP contribution >= 0.6 is 11.3 Å². The minimum atomic E-state index is -0.0749. The summed E-state index contributed by atoms with van der Waals surface area (Å²) in [5.74, 6) is 0.408. The summed E-state index contributed by atoms with van der Waals surface area (Å²) in [5, 5.41) is 6.05. The normalized spacial score (nSPS) is 10.4. The lowest BCUT2D eigenvalue weighted by molar-refractivity contribution is 0.718. The Morgan fingerprint density at radius 3 is 3.00 bits per heavy atom. The van der Waals surface area contributed by atoms with Crippen molar-refractivity contribution in [3.63, 3.8) is 0 Å². The second kappa shape index (κ2) is 5.58. The highest BCUT2D eigenvalue weighted by Gasteiger charge is 2.03. The van der Waals surface area contributed by atoms with Crippen LogP contribution in [0.3, 0.4) is 0 Å². The molecule has 0 saturated heterocycles. The molecule has 2 aromatic rings. The lowest BCUT2D eigenvalue weighted by Gasteiger charge is -2.06. The SMILES string of the molecule is CCn1ccnc(NCCc2nccs2)c1=O. The Morgan fingerprint density at radius 1 is 1.41 bits per heavy atom. The summed E-state index contributed by atoms with van der Waals surface area (Å²) < 4.78 is 1.62.